The number of carboxylic acid groups (broad SMARTS) is 1. The van der Waals surface area contributed by atoms with Crippen LogP contribution < -0.4 is 4.90 Å². The Kier molecular flexibility index (Phi) is 3.98. The summed E-state index contributed by atoms with van der Waals surface area (Å²) in [6.07, 6.45) is 0.313. The second kappa shape index (κ2) is 5.91. The maximum atomic E-state index is 12.5. The van der Waals surface area contributed by atoms with E-state index in [2.05, 4.69) is 0 Å². The number of hydrogen-bond acceptors (Lipinski definition) is 4. The molecule has 0 saturated carbocycles. The molecule has 21 heavy (non-hydrogen) atoms. The molecule has 1 atom stereocenters. The molecule has 1 aliphatic rings. The number of anilines is 1. The van der Waals surface area contributed by atoms with Crippen molar-refractivity contribution in [3.05, 3.63) is 46.7 Å². The molecule has 1 aromatic heterocycles. The number of benzene rings is 1. The lowest BCUT2D eigenvalue weighted by Crippen LogP contribution is -2.35. The van der Waals surface area contributed by atoms with E-state index in [0.717, 1.165) is 9.77 Å². The lowest BCUT2D eigenvalue weighted by atomic mass is 10.2. The molecule has 2 heterocycles. The van der Waals surface area contributed by atoms with E-state index in [1.165, 1.54) is 4.90 Å². The Morgan fingerprint density at radius 3 is 2.81 bits per heavy atom. The van der Waals surface area contributed by atoms with Gasteiger partial charge in [0.25, 0.3) is 0 Å². The van der Waals surface area contributed by atoms with Gasteiger partial charge in [-0.2, -0.15) is 0 Å². The number of para-hydroxylation sites is 1. The minimum Gasteiger partial charge on any atom is -0.480 e. The van der Waals surface area contributed by atoms with Gasteiger partial charge in [-0.25, -0.2) is 0 Å². The summed E-state index contributed by atoms with van der Waals surface area (Å²) < 4.78 is 0. The van der Waals surface area contributed by atoms with Gasteiger partial charge in [-0.15, -0.1) is 23.1 Å². The topological polar surface area (TPSA) is 57.6 Å². The van der Waals surface area contributed by atoms with E-state index in [9.17, 15) is 9.59 Å². The van der Waals surface area contributed by atoms with Crippen LogP contribution in [0.1, 0.15) is 16.5 Å². The fourth-order valence-electron chi connectivity index (χ4n) is 2.32. The molecule has 4 nitrogen and oxygen atoms in total. The van der Waals surface area contributed by atoms with Crippen molar-refractivity contribution in [2.24, 2.45) is 0 Å². The number of fused-ring (bicyclic) bond motifs is 1. The first-order chi connectivity index (χ1) is 10.1. The van der Waals surface area contributed by atoms with Crippen molar-refractivity contribution in [1.82, 2.24) is 0 Å². The Labute approximate surface area is 130 Å². The van der Waals surface area contributed by atoms with Crippen molar-refractivity contribution in [2.45, 2.75) is 16.6 Å². The van der Waals surface area contributed by atoms with Crippen LogP contribution in [0, 0.1) is 0 Å². The molecule has 1 amide bonds. The Balaban J connectivity index is 2.00. The quantitative estimate of drug-likeness (QED) is 0.942. The maximum absolute atomic E-state index is 12.5. The van der Waals surface area contributed by atoms with Crippen molar-refractivity contribution in [2.75, 3.05) is 11.4 Å². The largest absolute Gasteiger partial charge is 0.480 e. The van der Waals surface area contributed by atoms with Crippen molar-refractivity contribution < 1.29 is 14.7 Å². The number of carbonyl (C=O) groups excluding carboxylic acids is 1. The molecule has 0 fully saturated rings. The van der Waals surface area contributed by atoms with Gasteiger partial charge in [-0.3, -0.25) is 9.59 Å². The fraction of sp³-hybridized carbons (Fsp3) is 0.200. The zero-order valence-corrected chi connectivity index (χ0v) is 12.7. The smallest absolute Gasteiger partial charge is 0.323 e. The lowest BCUT2D eigenvalue weighted by Gasteiger charge is -2.20. The van der Waals surface area contributed by atoms with E-state index < -0.39 is 5.97 Å². The van der Waals surface area contributed by atoms with Gasteiger partial charge >= 0.3 is 5.97 Å². The highest BCUT2D eigenvalue weighted by Crippen LogP contribution is 2.46. The first kappa shape index (κ1) is 14.2. The molecule has 0 saturated heterocycles. The molecule has 0 bridgehead atoms. The van der Waals surface area contributed by atoms with E-state index in [1.54, 1.807) is 29.2 Å². The second-order valence-corrected chi connectivity index (χ2v) is 6.89. The predicted octanol–water partition coefficient (Wildman–Crippen LogP) is 3.40. The van der Waals surface area contributed by atoms with Crippen molar-refractivity contribution in [3.63, 3.8) is 0 Å². The average molecular weight is 319 g/mol. The highest BCUT2D eigenvalue weighted by molar-refractivity contribution is 7.99. The minimum atomic E-state index is -1.00. The monoisotopic (exact) mass is 319 g/mol. The summed E-state index contributed by atoms with van der Waals surface area (Å²) in [5.74, 6) is -1.15. The summed E-state index contributed by atoms with van der Waals surface area (Å²) in [6, 6.07) is 11.5. The summed E-state index contributed by atoms with van der Waals surface area (Å²) in [4.78, 5) is 27.0. The number of rotatable bonds is 3. The molecule has 108 valence electrons. The number of amides is 1. The summed E-state index contributed by atoms with van der Waals surface area (Å²) in [5, 5.41) is 11.1. The van der Waals surface area contributed by atoms with Crippen LogP contribution in [-0.4, -0.2) is 23.5 Å². The SMILES string of the molecule is O=C(O)CN1C(=O)CC(c2cccs2)Sc2ccccc21. The van der Waals surface area contributed by atoms with Crippen LogP contribution in [0.3, 0.4) is 0 Å². The minimum absolute atomic E-state index is 0.0393. The second-order valence-electron chi connectivity index (χ2n) is 4.67. The summed E-state index contributed by atoms with van der Waals surface area (Å²) in [7, 11) is 0. The molecule has 0 aliphatic carbocycles. The van der Waals surface area contributed by atoms with Crippen molar-refractivity contribution in [1.29, 1.82) is 0 Å². The van der Waals surface area contributed by atoms with Gasteiger partial charge < -0.3 is 10.0 Å². The van der Waals surface area contributed by atoms with E-state index >= 15 is 0 Å². The Bertz CT molecular complexity index is 669. The molecule has 1 unspecified atom stereocenters. The Morgan fingerprint density at radius 1 is 1.29 bits per heavy atom. The summed E-state index contributed by atoms with van der Waals surface area (Å²) in [6.45, 7) is -0.298. The molecule has 1 aromatic carbocycles. The Hall–Kier alpha value is -1.79. The molecule has 1 aliphatic heterocycles. The van der Waals surface area contributed by atoms with Crippen LogP contribution in [0.2, 0.25) is 0 Å². The first-order valence-electron chi connectivity index (χ1n) is 6.46. The van der Waals surface area contributed by atoms with Gasteiger partial charge in [0.2, 0.25) is 5.91 Å². The summed E-state index contributed by atoms with van der Waals surface area (Å²) >= 11 is 3.25. The van der Waals surface area contributed by atoms with E-state index in [-0.39, 0.29) is 17.7 Å². The van der Waals surface area contributed by atoms with Crippen molar-refractivity contribution >= 4 is 40.7 Å². The molecule has 1 N–H and O–H groups in total. The highest BCUT2D eigenvalue weighted by atomic mass is 32.2. The fourth-order valence-corrected chi connectivity index (χ4v) is 4.52. The third-order valence-electron chi connectivity index (χ3n) is 3.24. The number of aliphatic carboxylic acids is 1. The lowest BCUT2D eigenvalue weighted by molar-refractivity contribution is -0.136. The van der Waals surface area contributed by atoms with Gasteiger partial charge in [0, 0.05) is 16.2 Å². The van der Waals surface area contributed by atoms with Gasteiger partial charge in [0.1, 0.15) is 6.54 Å². The molecule has 2 aromatic rings. The number of nitrogens with zero attached hydrogens (tertiary/aromatic N) is 1. The van der Waals surface area contributed by atoms with Gasteiger partial charge in [-0.1, -0.05) is 18.2 Å². The third kappa shape index (κ3) is 2.96. The molecule has 3 rings (SSSR count). The van der Waals surface area contributed by atoms with Crippen LogP contribution in [0.4, 0.5) is 5.69 Å². The molecule has 0 radical (unpaired) electrons. The van der Waals surface area contributed by atoms with Gasteiger partial charge in [-0.05, 0) is 23.6 Å². The van der Waals surface area contributed by atoms with Gasteiger partial charge in [0.05, 0.1) is 10.9 Å². The van der Waals surface area contributed by atoms with Crippen LogP contribution in [0.25, 0.3) is 0 Å². The van der Waals surface area contributed by atoms with E-state index in [1.807, 2.05) is 35.7 Å². The molecular formula is C15H13NO3S2. The highest BCUT2D eigenvalue weighted by Gasteiger charge is 2.30. The van der Waals surface area contributed by atoms with Crippen LogP contribution in [-0.2, 0) is 9.59 Å². The van der Waals surface area contributed by atoms with Gasteiger partial charge in [0.15, 0.2) is 0 Å². The maximum Gasteiger partial charge on any atom is 0.323 e. The Morgan fingerprint density at radius 2 is 2.10 bits per heavy atom. The standard InChI is InChI=1S/C15H13NO3S2/c17-14-8-13(12-6-3-7-20-12)21-11-5-2-1-4-10(11)16(14)9-15(18)19/h1-7,13H,8-9H2,(H,18,19). The number of carboxylic acids is 1. The van der Waals surface area contributed by atoms with Crippen molar-refractivity contribution in [3.8, 4) is 0 Å². The van der Waals surface area contributed by atoms with Crippen LogP contribution in [0.15, 0.2) is 46.7 Å². The van der Waals surface area contributed by atoms with E-state index in [0.29, 0.717) is 12.1 Å². The number of carbonyl (C=O) groups is 2. The first-order valence-corrected chi connectivity index (χ1v) is 8.22. The zero-order valence-electron chi connectivity index (χ0n) is 11.1. The normalized spacial score (nSPS) is 18.2. The number of thiophene rings is 1. The molecular weight excluding hydrogens is 306 g/mol. The van der Waals surface area contributed by atoms with Crippen LogP contribution >= 0.6 is 23.1 Å². The predicted molar refractivity (Wildman–Crippen MR) is 84.0 cm³/mol. The van der Waals surface area contributed by atoms with E-state index in [4.69, 9.17) is 5.11 Å². The average Bonchev–Trinajstić information content (AvgIpc) is 2.94. The summed E-state index contributed by atoms with van der Waals surface area (Å²) in [5.41, 5.74) is 0.689. The third-order valence-corrected chi connectivity index (χ3v) is 5.68. The number of hydrogen-bond donors (Lipinski definition) is 1. The zero-order chi connectivity index (χ0) is 14.8. The number of thioether (sulfide) groups is 1. The molecule has 6 heteroatoms. The molecule has 0 spiro atoms. The van der Waals surface area contributed by atoms with Crippen LogP contribution in [0.5, 0.6) is 0 Å².